The largest absolute Gasteiger partial charge is 0.469 e. The van der Waals surface area contributed by atoms with Crippen LogP contribution in [0.1, 0.15) is 12.3 Å². The van der Waals surface area contributed by atoms with Crippen LogP contribution in [-0.2, 0) is 26.0 Å². The zero-order chi connectivity index (χ0) is 34.1. The second-order valence-electron chi connectivity index (χ2n) is 11.9. The number of anilines is 1. The lowest BCUT2D eigenvalue weighted by atomic mass is 10.0. The number of hydrogen-bond acceptors (Lipinski definition) is 9. The molecule has 10 nitrogen and oxygen atoms in total. The van der Waals surface area contributed by atoms with Gasteiger partial charge in [0.15, 0.2) is 17.3 Å². The van der Waals surface area contributed by atoms with Gasteiger partial charge in [0, 0.05) is 61.0 Å². The molecular formula is C37H34FN5O5S. The number of rotatable bonds is 9. The van der Waals surface area contributed by atoms with Crippen LogP contribution in [0.4, 0.5) is 10.1 Å². The molecule has 0 radical (unpaired) electrons. The Morgan fingerprint density at radius 2 is 1.61 bits per heavy atom. The molecule has 0 saturated carbocycles. The minimum atomic E-state index is -4.12. The van der Waals surface area contributed by atoms with Gasteiger partial charge < -0.3 is 19.0 Å². The van der Waals surface area contributed by atoms with Crippen LogP contribution in [0.2, 0.25) is 0 Å². The summed E-state index contributed by atoms with van der Waals surface area (Å²) in [6, 6.07) is 25.5. The third-order valence-corrected chi connectivity index (χ3v) is 10.5. The Bertz CT molecular complexity index is 2230. The molecule has 12 heteroatoms. The molecule has 6 aromatic rings. The second-order valence-corrected chi connectivity index (χ2v) is 13.7. The summed E-state index contributed by atoms with van der Waals surface area (Å²) in [5.41, 5.74) is 3.94. The minimum absolute atomic E-state index is 0.0467. The predicted molar refractivity (Wildman–Crippen MR) is 185 cm³/mol. The van der Waals surface area contributed by atoms with Crippen LogP contribution < -0.4 is 4.90 Å². The standard InChI is InChI=1S/C37H34FN5O5S/c1-41-20-22-42(23-21-41)28-14-10-25(11-15-28)32-24-31-30(18-19-39-37(31)43(32)49(45,46)29-6-4-3-5-7-29)36-35(26-8-12-27(38)13-9-26)40-33(48-36)16-17-34(44)47-2/h3-15,18-19,24H,16-17,20-23H2,1-2H3. The van der Waals surface area contributed by atoms with Gasteiger partial charge in [-0.1, -0.05) is 30.3 Å². The topological polar surface area (TPSA) is 111 Å². The number of oxazole rings is 1. The zero-order valence-corrected chi connectivity index (χ0v) is 27.9. The average molecular weight is 680 g/mol. The average Bonchev–Trinajstić information content (AvgIpc) is 3.74. The van der Waals surface area contributed by atoms with Crippen molar-refractivity contribution in [1.82, 2.24) is 18.8 Å². The predicted octanol–water partition coefficient (Wildman–Crippen LogP) is 6.26. The molecular weight excluding hydrogens is 646 g/mol. The number of methoxy groups -OCH3 is 1. The summed E-state index contributed by atoms with van der Waals surface area (Å²) in [7, 11) is -0.698. The number of fused-ring (bicyclic) bond motifs is 1. The molecule has 0 unspecified atom stereocenters. The number of piperazine rings is 1. The number of halogens is 1. The van der Waals surface area contributed by atoms with Crippen molar-refractivity contribution in [3.63, 3.8) is 0 Å². The lowest BCUT2D eigenvalue weighted by Crippen LogP contribution is -2.44. The molecule has 0 amide bonds. The molecule has 1 aliphatic heterocycles. The molecule has 3 aromatic carbocycles. The van der Waals surface area contributed by atoms with Crippen molar-refractivity contribution in [3.05, 3.63) is 109 Å². The quantitative estimate of drug-likeness (QED) is 0.164. The molecule has 49 heavy (non-hydrogen) atoms. The number of likely N-dealkylation sites (N-methyl/N-ethyl adjacent to an activating group) is 1. The van der Waals surface area contributed by atoms with E-state index in [0.29, 0.717) is 39.2 Å². The number of carbonyl (C=O) groups is 1. The molecule has 0 spiro atoms. The van der Waals surface area contributed by atoms with Gasteiger partial charge in [-0.3, -0.25) is 4.79 Å². The number of benzene rings is 3. The summed E-state index contributed by atoms with van der Waals surface area (Å²) in [6.45, 7) is 3.74. The van der Waals surface area contributed by atoms with Crippen molar-refractivity contribution in [2.45, 2.75) is 17.7 Å². The van der Waals surface area contributed by atoms with E-state index in [4.69, 9.17) is 14.1 Å². The van der Waals surface area contributed by atoms with Gasteiger partial charge >= 0.3 is 5.97 Å². The summed E-state index contributed by atoms with van der Waals surface area (Å²) in [5.74, 6) is -0.204. The van der Waals surface area contributed by atoms with Crippen molar-refractivity contribution >= 4 is 32.7 Å². The monoisotopic (exact) mass is 679 g/mol. The smallest absolute Gasteiger partial charge is 0.306 e. The summed E-state index contributed by atoms with van der Waals surface area (Å²) < 4.78 is 55.1. The van der Waals surface area contributed by atoms with Gasteiger partial charge in [0.25, 0.3) is 10.0 Å². The summed E-state index contributed by atoms with van der Waals surface area (Å²) in [4.78, 5) is 25.9. The Balaban J connectivity index is 1.41. The number of hydrogen-bond donors (Lipinski definition) is 0. The van der Waals surface area contributed by atoms with Crippen molar-refractivity contribution in [2.24, 2.45) is 0 Å². The summed E-state index contributed by atoms with van der Waals surface area (Å²) in [5, 5.41) is 0.513. The molecule has 7 rings (SSSR count). The van der Waals surface area contributed by atoms with Gasteiger partial charge in [-0.25, -0.2) is 26.7 Å². The van der Waals surface area contributed by atoms with Gasteiger partial charge in [0.05, 0.1) is 24.1 Å². The molecule has 0 N–H and O–H groups in total. The molecule has 1 fully saturated rings. The Kier molecular flexibility index (Phi) is 8.74. The molecule has 0 bridgehead atoms. The van der Waals surface area contributed by atoms with Crippen LogP contribution in [0.5, 0.6) is 0 Å². The second kappa shape index (κ2) is 13.3. The molecule has 3 aromatic heterocycles. The third kappa shape index (κ3) is 6.32. The van der Waals surface area contributed by atoms with Gasteiger partial charge in [0.2, 0.25) is 0 Å². The number of nitrogens with zero attached hydrogens (tertiary/aromatic N) is 5. The minimum Gasteiger partial charge on any atom is -0.469 e. The van der Waals surface area contributed by atoms with E-state index in [9.17, 15) is 17.6 Å². The molecule has 1 saturated heterocycles. The number of aryl methyl sites for hydroxylation is 1. The molecule has 0 aliphatic carbocycles. The van der Waals surface area contributed by atoms with E-state index in [1.54, 1.807) is 54.6 Å². The first-order valence-corrected chi connectivity index (χ1v) is 17.3. The number of carbonyl (C=O) groups excluding carboxylic acids is 1. The van der Waals surface area contributed by atoms with E-state index in [1.807, 2.05) is 24.3 Å². The van der Waals surface area contributed by atoms with Crippen LogP contribution >= 0.6 is 0 Å². The van der Waals surface area contributed by atoms with Gasteiger partial charge in [-0.15, -0.1) is 0 Å². The Morgan fingerprint density at radius 3 is 2.31 bits per heavy atom. The normalized spacial score (nSPS) is 14.0. The zero-order valence-electron chi connectivity index (χ0n) is 27.0. The van der Waals surface area contributed by atoms with E-state index >= 15 is 0 Å². The van der Waals surface area contributed by atoms with Crippen molar-refractivity contribution in [2.75, 3.05) is 45.2 Å². The molecule has 250 valence electrons. The fraction of sp³-hybridized carbons (Fsp3) is 0.216. The fourth-order valence-corrected chi connectivity index (χ4v) is 7.59. The van der Waals surface area contributed by atoms with Gasteiger partial charge in [-0.05, 0) is 73.3 Å². The maximum absolute atomic E-state index is 14.4. The van der Waals surface area contributed by atoms with E-state index in [2.05, 4.69) is 21.8 Å². The number of esters is 1. The van der Waals surface area contributed by atoms with E-state index in [0.717, 1.165) is 31.9 Å². The van der Waals surface area contributed by atoms with Crippen LogP contribution in [0.15, 0.2) is 107 Å². The summed E-state index contributed by atoms with van der Waals surface area (Å²) >= 11 is 0. The highest BCUT2D eigenvalue weighted by atomic mass is 32.2. The molecule has 1 aliphatic rings. The number of aromatic nitrogens is 3. The molecule has 0 atom stereocenters. The first kappa shape index (κ1) is 32.2. The summed E-state index contributed by atoms with van der Waals surface area (Å²) in [6.07, 6.45) is 1.74. The van der Waals surface area contributed by atoms with Crippen molar-refractivity contribution < 1.29 is 26.8 Å². The van der Waals surface area contributed by atoms with Gasteiger partial charge in [0.1, 0.15) is 11.5 Å². The highest BCUT2D eigenvalue weighted by Gasteiger charge is 2.28. The lowest BCUT2D eigenvalue weighted by molar-refractivity contribution is -0.140. The lowest BCUT2D eigenvalue weighted by Gasteiger charge is -2.34. The third-order valence-electron chi connectivity index (χ3n) is 8.78. The highest BCUT2D eigenvalue weighted by Crippen LogP contribution is 2.40. The Hall–Kier alpha value is -5.33. The SMILES string of the molecule is COC(=O)CCc1nc(-c2ccc(F)cc2)c(-c2ccnc3c2cc(-c2ccc(N4CCN(C)CC4)cc2)n3S(=O)(=O)c2ccccc2)o1. The van der Waals surface area contributed by atoms with Crippen LogP contribution in [0.25, 0.3) is 44.9 Å². The fourth-order valence-electron chi connectivity index (χ4n) is 6.09. The first-order valence-electron chi connectivity index (χ1n) is 15.9. The number of pyridine rings is 1. The van der Waals surface area contributed by atoms with E-state index in [-0.39, 0.29) is 29.3 Å². The Labute approximate surface area is 283 Å². The van der Waals surface area contributed by atoms with Crippen molar-refractivity contribution in [3.8, 4) is 33.8 Å². The van der Waals surface area contributed by atoms with Crippen molar-refractivity contribution in [1.29, 1.82) is 0 Å². The van der Waals surface area contributed by atoms with E-state index < -0.39 is 21.8 Å². The first-order chi connectivity index (χ1) is 23.7. The number of ether oxygens (including phenoxy) is 1. The maximum atomic E-state index is 14.4. The molecule has 4 heterocycles. The van der Waals surface area contributed by atoms with Crippen LogP contribution in [0.3, 0.4) is 0 Å². The van der Waals surface area contributed by atoms with Crippen LogP contribution in [-0.4, -0.2) is 73.6 Å². The maximum Gasteiger partial charge on any atom is 0.306 e. The van der Waals surface area contributed by atoms with Gasteiger partial charge in [-0.2, -0.15) is 0 Å². The van der Waals surface area contributed by atoms with E-state index in [1.165, 1.54) is 29.4 Å². The van der Waals surface area contributed by atoms with Crippen LogP contribution in [0, 0.1) is 5.82 Å². The Morgan fingerprint density at radius 1 is 0.918 bits per heavy atom. The highest BCUT2D eigenvalue weighted by molar-refractivity contribution is 7.90.